The van der Waals surface area contributed by atoms with Gasteiger partial charge in [0.2, 0.25) is 10.0 Å². The fourth-order valence-corrected chi connectivity index (χ4v) is 6.68. The van der Waals surface area contributed by atoms with Crippen molar-refractivity contribution in [2.24, 2.45) is 0 Å². The number of ether oxygens (including phenoxy) is 1. The van der Waals surface area contributed by atoms with Crippen LogP contribution in [0.4, 0.5) is 11.5 Å². The van der Waals surface area contributed by atoms with Crippen molar-refractivity contribution in [3.8, 4) is 16.9 Å². The molecule has 1 aliphatic heterocycles. The van der Waals surface area contributed by atoms with Gasteiger partial charge in [-0.2, -0.15) is 4.31 Å². The van der Waals surface area contributed by atoms with Crippen LogP contribution in [0.3, 0.4) is 0 Å². The summed E-state index contributed by atoms with van der Waals surface area (Å²) in [6, 6.07) is 13.2. The molecule has 0 saturated carbocycles. The van der Waals surface area contributed by atoms with Gasteiger partial charge in [0.1, 0.15) is 22.7 Å². The first-order chi connectivity index (χ1) is 16.9. The van der Waals surface area contributed by atoms with Crippen molar-refractivity contribution >= 4 is 43.1 Å². The number of rotatable bonds is 6. The highest BCUT2D eigenvalue weighted by Gasteiger charge is 2.34. The topological polar surface area (TPSA) is 119 Å². The zero-order valence-electron chi connectivity index (χ0n) is 18.7. The summed E-state index contributed by atoms with van der Waals surface area (Å²) in [5, 5.41) is 14.3. The fraction of sp³-hybridized carbons (Fsp3) is 0.217. The number of nitro benzene ring substituents is 1. The molecule has 10 nitrogen and oxygen atoms in total. The number of anilines is 1. The van der Waals surface area contributed by atoms with Crippen molar-refractivity contribution in [3.63, 3.8) is 0 Å². The van der Waals surface area contributed by atoms with Crippen LogP contribution in [0.15, 0.2) is 65.1 Å². The molecule has 0 atom stereocenters. The van der Waals surface area contributed by atoms with Gasteiger partial charge in [0.25, 0.3) is 5.69 Å². The maximum atomic E-state index is 13.2. The zero-order chi connectivity index (χ0) is 24.6. The van der Waals surface area contributed by atoms with E-state index >= 15 is 0 Å². The second-order valence-electron chi connectivity index (χ2n) is 7.87. The molecule has 1 saturated heterocycles. The molecule has 0 amide bonds. The van der Waals surface area contributed by atoms with Crippen molar-refractivity contribution in [1.29, 1.82) is 0 Å². The van der Waals surface area contributed by atoms with E-state index in [4.69, 9.17) is 4.74 Å². The van der Waals surface area contributed by atoms with Crippen LogP contribution in [0.25, 0.3) is 21.3 Å². The standard InChI is InChI=1S/C23H21N5O5S2/c1-33-17-8-6-16(7-9-17)18-14-34-23-21(18)22(24-15-25-23)26-10-12-27(13-11-26)35(31,32)20-5-3-2-4-19(20)28(29)30/h2-9,14-15H,10-13H2,1H3. The van der Waals surface area contributed by atoms with Crippen LogP contribution in [-0.4, -0.2) is 60.9 Å². The Kier molecular flexibility index (Phi) is 6.09. The van der Waals surface area contributed by atoms with Crippen LogP contribution in [0.2, 0.25) is 0 Å². The molecule has 0 unspecified atom stereocenters. The Morgan fingerprint density at radius 2 is 1.74 bits per heavy atom. The highest BCUT2D eigenvalue weighted by Crippen LogP contribution is 2.39. The summed E-state index contributed by atoms with van der Waals surface area (Å²) in [6.07, 6.45) is 1.52. The number of nitrogens with zero attached hydrogens (tertiary/aromatic N) is 5. The predicted octanol–water partition coefficient (Wildman–Crippen LogP) is 3.79. The summed E-state index contributed by atoms with van der Waals surface area (Å²) in [6.45, 7) is 1.15. The molecule has 35 heavy (non-hydrogen) atoms. The second kappa shape index (κ2) is 9.21. The van der Waals surface area contributed by atoms with E-state index in [1.54, 1.807) is 7.11 Å². The highest BCUT2D eigenvalue weighted by molar-refractivity contribution is 7.89. The van der Waals surface area contributed by atoms with Crippen LogP contribution < -0.4 is 9.64 Å². The molecule has 1 fully saturated rings. The number of fused-ring (bicyclic) bond motifs is 1. The number of piperazine rings is 1. The van der Waals surface area contributed by atoms with Crippen LogP contribution in [0, 0.1) is 10.1 Å². The van der Waals surface area contributed by atoms with Gasteiger partial charge in [0, 0.05) is 43.2 Å². The summed E-state index contributed by atoms with van der Waals surface area (Å²) in [5.41, 5.74) is 1.58. The van der Waals surface area contributed by atoms with E-state index in [2.05, 4.69) is 9.97 Å². The molecular weight excluding hydrogens is 490 g/mol. The molecule has 3 heterocycles. The number of hydrogen-bond acceptors (Lipinski definition) is 9. The minimum Gasteiger partial charge on any atom is -0.497 e. The minimum atomic E-state index is -4.01. The Balaban J connectivity index is 1.43. The summed E-state index contributed by atoms with van der Waals surface area (Å²) < 4.78 is 32.9. The Morgan fingerprint density at radius 1 is 1.03 bits per heavy atom. The minimum absolute atomic E-state index is 0.182. The predicted molar refractivity (Wildman–Crippen MR) is 133 cm³/mol. The van der Waals surface area contributed by atoms with Crippen LogP contribution in [-0.2, 0) is 10.0 Å². The number of para-hydroxylation sites is 1. The van der Waals surface area contributed by atoms with Crippen molar-refractivity contribution in [2.75, 3.05) is 38.2 Å². The van der Waals surface area contributed by atoms with Crippen LogP contribution in [0.5, 0.6) is 5.75 Å². The molecule has 2 aromatic carbocycles. The SMILES string of the molecule is COc1ccc(-c2csc3ncnc(N4CCN(S(=O)(=O)c5ccccc5[N+](=O)[O-])CC4)c23)cc1. The number of aromatic nitrogens is 2. The van der Waals surface area contributed by atoms with E-state index < -0.39 is 20.6 Å². The first-order valence-electron chi connectivity index (χ1n) is 10.8. The van der Waals surface area contributed by atoms with Crippen LogP contribution >= 0.6 is 11.3 Å². The Hall–Kier alpha value is -3.61. The first kappa shape index (κ1) is 23.1. The lowest BCUT2D eigenvalue weighted by Gasteiger charge is -2.34. The third kappa shape index (κ3) is 4.20. The number of methoxy groups -OCH3 is 1. The molecule has 0 N–H and O–H groups in total. The maximum Gasteiger partial charge on any atom is 0.289 e. The van der Waals surface area contributed by atoms with Gasteiger partial charge < -0.3 is 9.64 Å². The molecule has 0 bridgehead atoms. The number of hydrogen-bond donors (Lipinski definition) is 0. The number of nitro groups is 1. The molecule has 5 rings (SSSR count). The monoisotopic (exact) mass is 511 g/mol. The summed E-state index contributed by atoms with van der Waals surface area (Å²) in [4.78, 5) is 22.3. The smallest absolute Gasteiger partial charge is 0.289 e. The normalized spacial score (nSPS) is 14.8. The summed E-state index contributed by atoms with van der Waals surface area (Å²) in [5.74, 6) is 1.51. The van der Waals surface area contributed by atoms with Gasteiger partial charge in [0.05, 0.1) is 17.4 Å². The second-order valence-corrected chi connectivity index (χ2v) is 10.6. The molecule has 0 radical (unpaired) electrons. The van der Waals surface area contributed by atoms with Gasteiger partial charge in [-0.05, 0) is 23.8 Å². The number of thiophene rings is 1. The molecule has 0 spiro atoms. The number of sulfonamides is 1. The molecule has 1 aliphatic rings. The van der Waals surface area contributed by atoms with E-state index in [1.807, 2.05) is 34.5 Å². The van der Waals surface area contributed by atoms with Crippen molar-refractivity contribution in [3.05, 3.63) is 70.4 Å². The Bertz CT molecular complexity index is 1500. The van der Waals surface area contributed by atoms with Crippen LogP contribution in [0.1, 0.15) is 0 Å². The van der Waals surface area contributed by atoms with Crippen molar-refractivity contribution in [1.82, 2.24) is 14.3 Å². The zero-order valence-corrected chi connectivity index (χ0v) is 20.3. The van der Waals surface area contributed by atoms with Gasteiger partial charge in [0.15, 0.2) is 4.90 Å². The fourth-order valence-electron chi connectivity index (χ4n) is 4.19. The van der Waals surface area contributed by atoms with E-state index in [0.29, 0.717) is 13.1 Å². The average Bonchev–Trinajstić information content (AvgIpc) is 3.33. The largest absolute Gasteiger partial charge is 0.497 e. The molecule has 0 aliphatic carbocycles. The molecule has 2 aromatic heterocycles. The van der Waals surface area contributed by atoms with Gasteiger partial charge in [-0.15, -0.1) is 11.3 Å². The van der Waals surface area contributed by atoms with Gasteiger partial charge >= 0.3 is 0 Å². The van der Waals surface area contributed by atoms with E-state index in [0.717, 1.165) is 32.9 Å². The van der Waals surface area contributed by atoms with Crippen molar-refractivity contribution in [2.45, 2.75) is 4.90 Å². The average molecular weight is 512 g/mol. The third-order valence-corrected chi connectivity index (χ3v) is 8.80. The van der Waals surface area contributed by atoms with E-state index in [9.17, 15) is 18.5 Å². The molecular formula is C23H21N5O5S2. The molecule has 4 aromatic rings. The number of benzene rings is 2. The van der Waals surface area contributed by atoms with Gasteiger partial charge in [-0.1, -0.05) is 24.3 Å². The quantitative estimate of drug-likeness (QED) is 0.283. The van der Waals surface area contributed by atoms with Gasteiger partial charge in [-0.3, -0.25) is 10.1 Å². The Morgan fingerprint density at radius 3 is 2.43 bits per heavy atom. The maximum absolute atomic E-state index is 13.2. The van der Waals surface area contributed by atoms with Gasteiger partial charge in [-0.25, -0.2) is 18.4 Å². The van der Waals surface area contributed by atoms with E-state index in [-0.39, 0.29) is 18.0 Å². The first-order valence-corrected chi connectivity index (χ1v) is 13.1. The van der Waals surface area contributed by atoms with E-state index in [1.165, 1.54) is 46.2 Å². The highest BCUT2D eigenvalue weighted by atomic mass is 32.2. The summed E-state index contributed by atoms with van der Waals surface area (Å²) in [7, 11) is -2.39. The lowest BCUT2D eigenvalue weighted by Crippen LogP contribution is -2.49. The molecule has 180 valence electrons. The summed E-state index contributed by atoms with van der Waals surface area (Å²) >= 11 is 1.52. The van der Waals surface area contributed by atoms with Crippen molar-refractivity contribution < 1.29 is 18.1 Å². The molecule has 12 heteroatoms. The Labute approximate surface area is 205 Å². The lowest BCUT2D eigenvalue weighted by atomic mass is 10.1. The lowest BCUT2D eigenvalue weighted by molar-refractivity contribution is -0.387. The third-order valence-electron chi connectivity index (χ3n) is 5.97.